The maximum absolute atomic E-state index is 12.1. The molecule has 1 rings (SSSR count). The minimum absolute atomic E-state index is 0.00796. The molecule has 2 N–H and O–H groups in total. The molecule has 0 bridgehead atoms. The molecule has 19 heavy (non-hydrogen) atoms. The van der Waals surface area contributed by atoms with E-state index in [4.69, 9.17) is 15.3 Å². The maximum atomic E-state index is 12.1. The van der Waals surface area contributed by atoms with Crippen LogP contribution in [-0.4, -0.2) is 28.8 Å². The van der Waals surface area contributed by atoms with E-state index in [1.807, 2.05) is 0 Å². The Morgan fingerprint density at radius 3 is 2.37 bits per heavy atom. The quantitative estimate of drug-likeness (QED) is 0.665. The van der Waals surface area contributed by atoms with E-state index in [-0.39, 0.29) is 17.9 Å². The summed E-state index contributed by atoms with van der Waals surface area (Å²) < 4.78 is 11.3. The molecule has 0 fully saturated rings. The van der Waals surface area contributed by atoms with Crippen molar-refractivity contribution < 1.29 is 19.1 Å². The number of rotatable bonds is 3. The van der Waals surface area contributed by atoms with E-state index >= 15 is 0 Å². The number of carbonyl (C=O) groups excluding carboxylic acids is 2. The van der Waals surface area contributed by atoms with Crippen molar-refractivity contribution in [3.63, 3.8) is 0 Å². The molecular formula is C13H20N2O4. The maximum Gasteiger partial charge on any atom is 0.357 e. The molecule has 0 aliphatic heterocycles. The van der Waals surface area contributed by atoms with Crippen molar-refractivity contribution in [3.8, 4) is 0 Å². The monoisotopic (exact) mass is 268 g/mol. The van der Waals surface area contributed by atoms with Crippen molar-refractivity contribution in [1.82, 2.24) is 4.68 Å². The smallest absolute Gasteiger partial charge is 0.357 e. The van der Waals surface area contributed by atoms with Gasteiger partial charge in [-0.25, -0.2) is 9.59 Å². The number of carbonyl (C=O) groups is 2. The first-order valence-corrected chi connectivity index (χ1v) is 6.05. The molecular weight excluding hydrogens is 248 g/mol. The van der Waals surface area contributed by atoms with Crippen LogP contribution < -0.4 is 5.84 Å². The van der Waals surface area contributed by atoms with Crippen LogP contribution in [-0.2, 0) is 9.47 Å². The van der Waals surface area contributed by atoms with Crippen molar-refractivity contribution in [2.45, 2.75) is 40.2 Å². The molecule has 1 aromatic heterocycles. The molecule has 0 spiro atoms. The lowest BCUT2D eigenvalue weighted by Crippen LogP contribution is -2.26. The van der Waals surface area contributed by atoms with Crippen LogP contribution in [0.3, 0.4) is 0 Å². The van der Waals surface area contributed by atoms with Crippen molar-refractivity contribution in [2.24, 2.45) is 0 Å². The van der Waals surface area contributed by atoms with Gasteiger partial charge >= 0.3 is 11.9 Å². The summed E-state index contributed by atoms with van der Waals surface area (Å²) in [5, 5.41) is 0. The first-order chi connectivity index (χ1) is 8.67. The Hall–Kier alpha value is -1.98. The van der Waals surface area contributed by atoms with Gasteiger partial charge in [-0.1, -0.05) is 0 Å². The summed E-state index contributed by atoms with van der Waals surface area (Å²) in [5.41, 5.74) is 0.0795. The highest BCUT2D eigenvalue weighted by Crippen LogP contribution is 2.20. The second-order valence-corrected chi connectivity index (χ2v) is 5.17. The van der Waals surface area contributed by atoms with Gasteiger partial charge in [-0.15, -0.1) is 0 Å². The molecule has 1 aromatic rings. The predicted octanol–water partition coefficient (Wildman–Crippen LogP) is 1.64. The summed E-state index contributed by atoms with van der Waals surface area (Å²) in [7, 11) is 0. The summed E-state index contributed by atoms with van der Waals surface area (Å²) in [6.45, 7) is 8.83. The van der Waals surface area contributed by atoms with Gasteiger partial charge in [-0.05, 0) is 40.2 Å². The molecule has 0 saturated carbocycles. The zero-order valence-electron chi connectivity index (χ0n) is 11.9. The van der Waals surface area contributed by atoms with Crippen LogP contribution in [0.25, 0.3) is 0 Å². The number of ether oxygens (including phenoxy) is 2. The van der Waals surface area contributed by atoms with E-state index in [0.717, 1.165) is 4.68 Å². The molecule has 0 saturated heterocycles. The zero-order chi connectivity index (χ0) is 14.8. The Balaban J connectivity index is 3.20. The molecule has 6 nitrogen and oxygen atoms in total. The lowest BCUT2D eigenvalue weighted by atomic mass is 10.1. The van der Waals surface area contributed by atoms with Crippen molar-refractivity contribution in [1.29, 1.82) is 0 Å². The van der Waals surface area contributed by atoms with Crippen molar-refractivity contribution in [2.75, 3.05) is 12.4 Å². The molecule has 106 valence electrons. The number of hydrogen-bond donors (Lipinski definition) is 1. The van der Waals surface area contributed by atoms with Crippen LogP contribution in [0, 0.1) is 6.92 Å². The highest BCUT2D eigenvalue weighted by atomic mass is 16.6. The fraction of sp³-hybridized carbons (Fsp3) is 0.538. The van der Waals surface area contributed by atoms with Crippen molar-refractivity contribution in [3.05, 3.63) is 23.0 Å². The summed E-state index contributed by atoms with van der Waals surface area (Å²) in [6, 6.07) is 0. The Kier molecular flexibility index (Phi) is 4.24. The van der Waals surface area contributed by atoms with Crippen LogP contribution in [0.4, 0.5) is 0 Å². The first kappa shape index (κ1) is 15.1. The number of aryl methyl sites for hydroxylation is 1. The van der Waals surface area contributed by atoms with Crippen LogP contribution in [0.15, 0.2) is 6.20 Å². The fourth-order valence-corrected chi connectivity index (χ4v) is 1.65. The van der Waals surface area contributed by atoms with E-state index in [0.29, 0.717) is 5.56 Å². The van der Waals surface area contributed by atoms with Crippen LogP contribution >= 0.6 is 0 Å². The lowest BCUT2D eigenvalue weighted by Gasteiger charge is -2.19. The van der Waals surface area contributed by atoms with Gasteiger partial charge in [0.15, 0.2) is 5.69 Å². The molecule has 0 radical (unpaired) electrons. The highest BCUT2D eigenvalue weighted by Gasteiger charge is 2.29. The number of aromatic nitrogens is 1. The molecule has 0 amide bonds. The van der Waals surface area contributed by atoms with Gasteiger partial charge < -0.3 is 15.3 Å². The summed E-state index contributed by atoms with van der Waals surface area (Å²) in [5.74, 6) is 4.46. The van der Waals surface area contributed by atoms with E-state index in [2.05, 4.69) is 0 Å². The van der Waals surface area contributed by atoms with Gasteiger partial charge in [-0.3, -0.25) is 4.68 Å². The van der Waals surface area contributed by atoms with Crippen LogP contribution in [0.2, 0.25) is 0 Å². The summed E-state index contributed by atoms with van der Waals surface area (Å²) in [4.78, 5) is 24.0. The molecule has 0 aromatic carbocycles. The normalized spacial score (nSPS) is 11.2. The Labute approximate surface area is 112 Å². The molecule has 1 heterocycles. The van der Waals surface area contributed by atoms with Gasteiger partial charge in [-0.2, -0.15) is 0 Å². The third kappa shape index (κ3) is 3.49. The predicted molar refractivity (Wildman–Crippen MR) is 70.4 cm³/mol. The van der Waals surface area contributed by atoms with E-state index in [1.54, 1.807) is 34.6 Å². The van der Waals surface area contributed by atoms with E-state index < -0.39 is 17.5 Å². The van der Waals surface area contributed by atoms with Gasteiger partial charge in [0.25, 0.3) is 0 Å². The summed E-state index contributed by atoms with van der Waals surface area (Å²) >= 11 is 0. The SMILES string of the molecule is CCOC(=O)c1c(C(=O)OC(C)(C)C)c(C)cn1N. The largest absolute Gasteiger partial charge is 0.461 e. The topological polar surface area (TPSA) is 83.6 Å². The minimum Gasteiger partial charge on any atom is -0.461 e. The van der Waals surface area contributed by atoms with Gasteiger partial charge in [0.05, 0.1) is 12.2 Å². The highest BCUT2D eigenvalue weighted by molar-refractivity contribution is 6.03. The summed E-state index contributed by atoms with van der Waals surface area (Å²) in [6.07, 6.45) is 1.49. The lowest BCUT2D eigenvalue weighted by molar-refractivity contribution is 0.00633. The molecule has 0 aliphatic carbocycles. The number of nitrogens with two attached hydrogens (primary N) is 1. The second kappa shape index (κ2) is 5.34. The Morgan fingerprint density at radius 1 is 1.32 bits per heavy atom. The van der Waals surface area contributed by atoms with E-state index in [9.17, 15) is 9.59 Å². The average Bonchev–Trinajstić information content (AvgIpc) is 2.51. The average molecular weight is 268 g/mol. The Morgan fingerprint density at radius 2 is 1.89 bits per heavy atom. The standard InChI is InChI=1S/C13H20N2O4/c1-6-18-12(17)10-9(8(2)7-15(10)14)11(16)19-13(3,4)5/h7H,6,14H2,1-5H3. The third-order valence-corrected chi connectivity index (χ3v) is 2.29. The fourth-order valence-electron chi connectivity index (χ4n) is 1.65. The molecule has 6 heteroatoms. The molecule has 0 unspecified atom stereocenters. The third-order valence-electron chi connectivity index (χ3n) is 2.29. The van der Waals surface area contributed by atoms with Crippen LogP contribution in [0.1, 0.15) is 54.1 Å². The molecule has 0 atom stereocenters. The Bertz CT molecular complexity index is 497. The first-order valence-electron chi connectivity index (χ1n) is 6.05. The number of nitrogen functional groups attached to an aromatic ring is 1. The van der Waals surface area contributed by atoms with Gasteiger partial charge in [0, 0.05) is 6.20 Å². The van der Waals surface area contributed by atoms with Gasteiger partial charge in [0.1, 0.15) is 5.60 Å². The minimum atomic E-state index is -0.647. The number of hydrogen-bond acceptors (Lipinski definition) is 5. The van der Waals surface area contributed by atoms with Crippen molar-refractivity contribution >= 4 is 11.9 Å². The second-order valence-electron chi connectivity index (χ2n) is 5.17. The number of nitrogens with zero attached hydrogens (tertiary/aromatic N) is 1. The van der Waals surface area contributed by atoms with E-state index in [1.165, 1.54) is 6.20 Å². The van der Waals surface area contributed by atoms with Crippen LogP contribution in [0.5, 0.6) is 0 Å². The zero-order valence-corrected chi connectivity index (χ0v) is 11.9. The number of esters is 2. The van der Waals surface area contributed by atoms with Gasteiger partial charge in [0.2, 0.25) is 0 Å². The molecule has 0 aliphatic rings.